The summed E-state index contributed by atoms with van der Waals surface area (Å²) in [5.74, 6) is 0.206. The minimum atomic E-state index is -0.763. The highest BCUT2D eigenvalue weighted by Crippen LogP contribution is 2.17. The molecule has 2 rings (SSSR count). The van der Waals surface area contributed by atoms with E-state index in [1.165, 1.54) is 0 Å². The SMILES string of the molecule is CN(CC(=O)O)C1CCCN(Cc2ccco2)C1. The van der Waals surface area contributed by atoms with Gasteiger partial charge >= 0.3 is 5.97 Å². The molecule has 1 unspecified atom stereocenters. The van der Waals surface area contributed by atoms with Crippen LogP contribution in [-0.4, -0.2) is 53.6 Å². The molecule has 1 aromatic rings. The van der Waals surface area contributed by atoms with Gasteiger partial charge in [-0.3, -0.25) is 14.6 Å². The lowest BCUT2D eigenvalue weighted by atomic mass is 10.0. The van der Waals surface area contributed by atoms with Gasteiger partial charge in [-0.2, -0.15) is 0 Å². The van der Waals surface area contributed by atoms with E-state index in [2.05, 4.69) is 4.90 Å². The molecule has 0 radical (unpaired) electrons. The van der Waals surface area contributed by atoms with Gasteiger partial charge in [-0.1, -0.05) is 0 Å². The Bertz CT molecular complexity index is 378. The van der Waals surface area contributed by atoms with Crippen LogP contribution in [0.15, 0.2) is 22.8 Å². The number of likely N-dealkylation sites (N-methyl/N-ethyl adjacent to an activating group) is 1. The molecular formula is C13H20N2O3. The topological polar surface area (TPSA) is 56.9 Å². The van der Waals surface area contributed by atoms with Crippen LogP contribution in [-0.2, 0) is 11.3 Å². The average Bonchev–Trinajstić information content (AvgIpc) is 2.81. The highest BCUT2D eigenvalue weighted by Gasteiger charge is 2.24. The van der Waals surface area contributed by atoms with Crippen molar-refractivity contribution in [2.24, 2.45) is 0 Å². The van der Waals surface area contributed by atoms with Gasteiger partial charge < -0.3 is 9.52 Å². The fraction of sp³-hybridized carbons (Fsp3) is 0.615. The summed E-state index contributed by atoms with van der Waals surface area (Å²) in [6.45, 7) is 2.88. The number of carbonyl (C=O) groups is 1. The van der Waals surface area contributed by atoms with Gasteiger partial charge in [0.1, 0.15) is 5.76 Å². The van der Waals surface area contributed by atoms with Crippen LogP contribution < -0.4 is 0 Å². The predicted octanol–water partition coefficient (Wildman–Crippen LogP) is 1.26. The lowest BCUT2D eigenvalue weighted by Gasteiger charge is -2.36. The van der Waals surface area contributed by atoms with Crippen molar-refractivity contribution < 1.29 is 14.3 Å². The molecule has 2 heterocycles. The molecule has 0 spiro atoms. The second-order valence-corrected chi connectivity index (χ2v) is 4.92. The first-order chi connectivity index (χ1) is 8.65. The van der Waals surface area contributed by atoms with Crippen LogP contribution in [0, 0.1) is 0 Å². The Balaban J connectivity index is 1.86. The zero-order valence-electron chi connectivity index (χ0n) is 10.7. The molecule has 5 heteroatoms. The number of nitrogens with zero attached hydrogens (tertiary/aromatic N) is 2. The van der Waals surface area contributed by atoms with Crippen LogP contribution in [0.25, 0.3) is 0 Å². The van der Waals surface area contributed by atoms with E-state index in [-0.39, 0.29) is 6.54 Å². The Kier molecular flexibility index (Phi) is 4.38. The maximum absolute atomic E-state index is 10.7. The zero-order chi connectivity index (χ0) is 13.0. The highest BCUT2D eigenvalue weighted by atomic mass is 16.4. The standard InChI is InChI=1S/C13H20N2O3/c1-14(10-13(16)17)11-4-2-6-15(8-11)9-12-5-3-7-18-12/h3,5,7,11H,2,4,6,8-10H2,1H3,(H,16,17). The molecule has 1 aliphatic heterocycles. The van der Waals surface area contributed by atoms with E-state index < -0.39 is 5.97 Å². The zero-order valence-corrected chi connectivity index (χ0v) is 10.7. The van der Waals surface area contributed by atoms with Crippen molar-refractivity contribution in [1.29, 1.82) is 0 Å². The Morgan fingerprint density at radius 2 is 2.50 bits per heavy atom. The van der Waals surface area contributed by atoms with E-state index in [0.717, 1.165) is 38.2 Å². The number of hydrogen-bond acceptors (Lipinski definition) is 4. The Morgan fingerprint density at radius 3 is 3.17 bits per heavy atom. The van der Waals surface area contributed by atoms with Crippen molar-refractivity contribution in [2.45, 2.75) is 25.4 Å². The van der Waals surface area contributed by atoms with E-state index >= 15 is 0 Å². The third kappa shape index (κ3) is 3.58. The molecule has 1 saturated heterocycles. The Hall–Kier alpha value is -1.33. The molecule has 18 heavy (non-hydrogen) atoms. The summed E-state index contributed by atoms with van der Waals surface area (Å²) in [4.78, 5) is 15.0. The second-order valence-electron chi connectivity index (χ2n) is 4.92. The van der Waals surface area contributed by atoms with Gasteiger partial charge in [0, 0.05) is 12.6 Å². The van der Waals surface area contributed by atoms with E-state index in [1.54, 1.807) is 6.26 Å². The number of hydrogen-bond donors (Lipinski definition) is 1. The summed E-state index contributed by atoms with van der Waals surface area (Å²) in [5, 5.41) is 8.82. The molecule has 0 aliphatic carbocycles. The summed E-state index contributed by atoms with van der Waals surface area (Å²) in [7, 11) is 1.88. The van der Waals surface area contributed by atoms with Crippen LogP contribution in [0.2, 0.25) is 0 Å². The molecule has 1 atom stereocenters. The minimum Gasteiger partial charge on any atom is -0.480 e. The van der Waals surface area contributed by atoms with Crippen molar-refractivity contribution in [2.75, 3.05) is 26.7 Å². The van der Waals surface area contributed by atoms with Crippen LogP contribution in [0.1, 0.15) is 18.6 Å². The largest absolute Gasteiger partial charge is 0.480 e. The maximum Gasteiger partial charge on any atom is 0.317 e. The molecule has 0 aromatic carbocycles. The number of piperidine rings is 1. The lowest BCUT2D eigenvalue weighted by Crippen LogP contribution is -2.47. The van der Waals surface area contributed by atoms with Gasteiger partial charge in [-0.05, 0) is 38.6 Å². The molecule has 1 fully saturated rings. The van der Waals surface area contributed by atoms with Crippen LogP contribution in [0.3, 0.4) is 0 Å². The predicted molar refractivity (Wildman–Crippen MR) is 67.3 cm³/mol. The summed E-state index contributed by atoms with van der Waals surface area (Å²) in [6, 6.07) is 4.20. The normalized spacial score (nSPS) is 21.3. The first-order valence-corrected chi connectivity index (χ1v) is 6.32. The van der Waals surface area contributed by atoms with Crippen molar-refractivity contribution in [3.63, 3.8) is 0 Å². The third-order valence-electron chi connectivity index (χ3n) is 3.45. The molecule has 100 valence electrons. The average molecular weight is 252 g/mol. The number of furan rings is 1. The first-order valence-electron chi connectivity index (χ1n) is 6.32. The van der Waals surface area contributed by atoms with Crippen molar-refractivity contribution in [3.05, 3.63) is 24.2 Å². The molecule has 0 bridgehead atoms. The van der Waals surface area contributed by atoms with E-state index in [0.29, 0.717) is 6.04 Å². The molecule has 1 N–H and O–H groups in total. The lowest BCUT2D eigenvalue weighted by molar-refractivity contribution is -0.138. The van der Waals surface area contributed by atoms with Crippen LogP contribution >= 0.6 is 0 Å². The van der Waals surface area contributed by atoms with Gasteiger partial charge in [0.05, 0.1) is 19.4 Å². The van der Waals surface area contributed by atoms with E-state index in [1.807, 2.05) is 24.1 Å². The molecule has 0 amide bonds. The quantitative estimate of drug-likeness (QED) is 0.855. The number of rotatable bonds is 5. The summed E-state index contributed by atoms with van der Waals surface area (Å²) < 4.78 is 5.35. The number of carboxylic acids is 1. The monoisotopic (exact) mass is 252 g/mol. The van der Waals surface area contributed by atoms with Gasteiger partial charge in [-0.25, -0.2) is 0 Å². The first kappa shape index (κ1) is 13.1. The summed E-state index contributed by atoms with van der Waals surface area (Å²) in [5.41, 5.74) is 0. The van der Waals surface area contributed by atoms with Crippen molar-refractivity contribution in [1.82, 2.24) is 9.80 Å². The fourth-order valence-electron chi connectivity index (χ4n) is 2.50. The van der Waals surface area contributed by atoms with Crippen LogP contribution in [0.4, 0.5) is 0 Å². The molecule has 5 nitrogen and oxygen atoms in total. The third-order valence-corrected chi connectivity index (χ3v) is 3.45. The van der Waals surface area contributed by atoms with Gasteiger partial charge in [-0.15, -0.1) is 0 Å². The molecule has 1 aromatic heterocycles. The van der Waals surface area contributed by atoms with Crippen molar-refractivity contribution in [3.8, 4) is 0 Å². The van der Waals surface area contributed by atoms with Gasteiger partial charge in [0.25, 0.3) is 0 Å². The van der Waals surface area contributed by atoms with E-state index in [4.69, 9.17) is 9.52 Å². The highest BCUT2D eigenvalue weighted by molar-refractivity contribution is 5.69. The molecular weight excluding hydrogens is 232 g/mol. The molecule has 1 aliphatic rings. The number of likely N-dealkylation sites (tertiary alicyclic amines) is 1. The Morgan fingerprint density at radius 1 is 1.67 bits per heavy atom. The Labute approximate surface area is 107 Å². The summed E-state index contributed by atoms with van der Waals surface area (Å²) in [6.07, 6.45) is 3.86. The van der Waals surface area contributed by atoms with Gasteiger partial charge in [0.2, 0.25) is 0 Å². The molecule has 0 saturated carbocycles. The number of carboxylic acid groups (broad SMARTS) is 1. The smallest absolute Gasteiger partial charge is 0.317 e. The minimum absolute atomic E-state index is 0.110. The maximum atomic E-state index is 10.7. The second kappa shape index (κ2) is 6.02. The number of aliphatic carboxylic acids is 1. The van der Waals surface area contributed by atoms with E-state index in [9.17, 15) is 4.79 Å². The summed E-state index contributed by atoms with van der Waals surface area (Å²) >= 11 is 0. The van der Waals surface area contributed by atoms with Gasteiger partial charge in [0.15, 0.2) is 0 Å². The van der Waals surface area contributed by atoms with Crippen molar-refractivity contribution >= 4 is 5.97 Å². The van der Waals surface area contributed by atoms with Crippen LogP contribution in [0.5, 0.6) is 0 Å². The fourth-order valence-corrected chi connectivity index (χ4v) is 2.50.